The molecule has 0 aromatic carbocycles. The number of aliphatic hydroxyl groups is 1. The van der Waals surface area contributed by atoms with Gasteiger partial charge < -0.3 is 15.2 Å². The molecule has 0 aliphatic heterocycles. The third kappa shape index (κ3) is 3.95. The van der Waals surface area contributed by atoms with Crippen LogP contribution in [0.5, 0.6) is 5.88 Å². The van der Waals surface area contributed by atoms with Crippen molar-refractivity contribution < 1.29 is 10.2 Å². The Balaban J connectivity index is 1.74. The Labute approximate surface area is 174 Å². The number of aromatic nitrogens is 5. The number of fused-ring (bicyclic) bond motifs is 1. The molecule has 0 bridgehead atoms. The van der Waals surface area contributed by atoms with E-state index in [0.717, 1.165) is 27.7 Å². The third-order valence-corrected chi connectivity index (χ3v) is 4.81. The monoisotopic (exact) mass is 404 g/mol. The quantitative estimate of drug-likeness (QED) is 0.439. The van der Waals surface area contributed by atoms with E-state index in [1.807, 2.05) is 26.0 Å². The predicted molar refractivity (Wildman–Crippen MR) is 116 cm³/mol. The molecule has 0 fully saturated rings. The van der Waals surface area contributed by atoms with Crippen molar-refractivity contribution in [2.45, 2.75) is 39.8 Å². The van der Waals surface area contributed by atoms with Gasteiger partial charge in [0, 0.05) is 23.3 Å². The van der Waals surface area contributed by atoms with Crippen molar-refractivity contribution >= 4 is 22.3 Å². The van der Waals surface area contributed by atoms with Gasteiger partial charge in [0.15, 0.2) is 5.88 Å². The standard InChI is InChI=1S/C22H24N6O2/c1-13-5-6-23-9-17(13)18-7-16-19(10-24-18)27-21(29)20(16)14(2)26-15-8-25-28(11-15)12-22(3,4)30/h5-11,27,29-30H,12H2,1-4H3. The van der Waals surface area contributed by atoms with Gasteiger partial charge in [-0.15, -0.1) is 0 Å². The van der Waals surface area contributed by atoms with Gasteiger partial charge in [-0.2, -0.15) is 5.10 Å². The average molecular weight is 404 g/mol. The second-order valence-corrected chi connectivity index (χ2v) is 8.06. The summed E-state index contributed by atoms with van der Waals surface area (Å²) in [5.74, 6) is 0.0389. The minimum Gasteiger partial charge on any atom is -0.494 e. The molecule has 0 amide bonds. The Bertz CT molecular complexity index is 1250. The van der Waals surface area contributed by atoms with Gasteiger partial charge in [0.25, 0.3) is 0 Å². The summed E-state index contributed by atoms with van der Waals surface area (Å²) in [5.41, 5.74) is 4.54. The van der Waals surface area contributed by atoms with Crippen molar-refractivity contribution in [3.63, 3.8) is 0 Å². The van der Waals surface area contributed by atoms with Crippen molar-refractivity contribution in [2.75, 3.05) is 0 Å². The van der Waals surface area contributed by atoms with E-state index in [2.05, 4.69) is 25.0 Å². The largest absolute Gasteiger partial charge is 0.494 e. The SMILES string of the molecule is CC(=Nc1cnn(CC(C)(C)O)c1)c1c(O)[nH]c2cnc(-c3cnccc3C)cc12. The summed E-state index contributed by atoms with van der Waals surface area (Å²) in [6.07, 6.45) is 8.63. The first-order valence-corrected chi connectivity index (χ1v) is 9.63. The highest BCUT2D eigenvalue weighted by molar-refractivity contribution is 6.13. The summed E-state index contributed by atoms with van der Waals surface area (Å²) in [4.78, 5) is 16.3. The van der Waals surface area contributed by atoms with E-state index in [0.29, 0.717) is 23.5 Å². The zero-order valence-corrected chi connectivity index (χ0v) is 17.4. The molecule has 0 saturated heterocycles. The number of pyridine rings is 2. The Kier molecular flexibility index (Phi) is 4.87. The highest BCUT2D eigenvalue weighted by atomic mass is 16.3. The van der Waals surface area contributed by atoms with Gasteiger partial charge >= 0.3 is 0 Å². The number of hydrogen-bond donors (Lipinski definition) is 3. The molecule has 4 aromatic rings. The lowest BCUT2D eigenvalue weighted by Crippen LogP contribution is -2.26. The van der Waals surface area contributed by atoms with Crippen molar-refractivity contribution in [2.24, 2.45) is 4.99 Å². The molecule has 8 heteroatoms. The molecule has 0 atom stereocenters. The molecule has 154 valence electrons. The summed E-state index contributed by atoms with van der Waals surface area (Å²) in [6, 6.07) is 3.87. The minimum atomic E-state index is -0.870. The van der Waals surface area contributed by atoms with E-state index in [1.165, 1.54) is 0 Å². The summed E-state index contributed by atoms with van der Waals surface area (Å²) < 4.78 is 1.65. The smallest absolute Gasteiger partial charge is 0.198 e. The minimum absolute atomic E-state index is 0.0389. The molecule has 0 unspecified atom stereocenters. The van der Waals surface area contributed by atoms with Crippen LogP contribution in [-0.4, -0.2) is 46.3 Å². The zero-order valence-electron chi connectivity index (χ0n) is 17.4. The van der Waals surface area contributed by atoms with Crippen LogP contribution in [0.3, 0.4) is 0 Å². The van der Waals surface area contributed by atoms with Gasteiger partial charge in [-0.25, -0.2) is 4.99 Å². The van der Waals surface area contributed by atoms with Crippen LogP contribution in [0.1, 0.15) is 31.9 Å². The number of aromatic hydroxyl groups is 1. The molecule has 4 heterocycles. The van der Waals surface area contributed by atoms with Crippen LogP contribution < -0.4 is 0 Å². The Morgan fingerprint density at radius 3 is 2.80 bits per heavy atom. The molecular formula is C22H24N6O2. The molecule has 0 radical (unpaired) electrons. The lowest BCUT2D eigenvalue weighted by molar-refractivity contribution is 0.0577. The molecule has 3 N–H and O–H groups in total. The molecule has 0 aliphatic carbocycles. The number of aryl methyl sites for hydroxylation is 1. The fourth-order valence-electron chi connectivity index (χ4n) is 3.47. The third-order valence-electron chi connectivity index (χ3n) is 4.81. The summed E-state index contributed by atoms with van der Waals surface area (Å²) in [7, 11) is 0. The van der Waals surface area contributed by atoms with Gasteiger partial charge in [0.1, 0.15) is 5.69 Å². The summed E-state index contributed by atoms with van der Waals surface area (Å²) >= 11 is 0. The maximum Gasteiger partial charge on any atom is 0.198 e. The molecule has 0 spiro atoms. The van der Waals surface area contributed by atoms with Gasteiger partial charge in [0.05, 0.1) is 53.2 Å². The maximum absolute atomic E-state index is 10.5. The number of aliphatic imine (C=N–C) groups is 1. The van der Waals surface area contributed by atoms with Crippen LogP contribution in [0.15, 0.2) is 48.1 Å². The summed E-state index contributed by atoms with van der Waals surface area (Å²) in [6.45, 7) is 7.66. The van der Waals surface area contributed by atoms with E-state index in [-0.39, 0.29) is 5.88 Å². The van der Waals surface area contributed by atoms with Gasteiger partial charge in [-0.1, -0.05) is 0 Å². The Morgan fingerprint density at radius 2 is 2.07 bits per heavy atom. The molecule has 4 aromatic heterocycles. The number of aromatic amines is 1. The van der Waals surface area contributed by atoms with Crippen LogP contribution in [0.2, 0.25) is 0 Å². The number of nitrogens with one attached hydrogen (secondary N) is 1. The maximum atomic E-state index is 10.5. The number of H-pyrrole nitrogens is 1. The first kappa shape index (κ1) is 19.8. The van der Waals surface area contributed by atoms with E-state index >= 15 is 0 Å². The van der Waals surface area contributed by atoms with E-state index in [4.69, 9.17) is 0 Å². The van der Waals surface area contributed by atoms with Crippen molar-refractivity contribution in [1.82, 2.24) is 24.7 Å². The Morgan fingerprint density at radius 1 is 1.27 bits per heavy atom. The lowest BCUT2D eigenvalue weighted by atomic mass is 10.0. The fraction of sp³-hybridized carbons (Fsp3) is 0.273. The highest BCUT2D eigenvalue weighted by Crippen LogP contribution is 2.32. The van der Waals surface area contributed by atoms with Gasteiger partial charge in [-0.3, -0.25) is 14.6 Å². The van der Waals surface area contributed by atoms with Crippen LogP contribution in [0, 0.1) is 6.92 Å². The first-order valence-electron chi connectivity index (χ1n) is 9.63. The average Bonchev–Trinajstić information content (AvgIpc) is 3.22. The van der Waals surface area contributed by atoms with Gasteiger partial charge in [0.2, 0.25) is 0 Å². The second kappa shape index (κ2) is 7.38. The number of rotatable bonds is 5. The van der Waals surface area contributed by atoms with Gasteiger partial charge in [-0.05, 0) is 45.4 Å². The van der Waals surface area contributed by atoms with Crippen LogP contribution in [0.4, 0.5) is 5.69 Å². The van der Waals surface area contributed by atoms with E-state index in [1.54, 1.807) is 49.5 Å². The van der Waals surface area contributed by atoms with Crippen molar-refractivity contribution in [1.29, 1.82) is 0 Å². The van der Waals surface area contributed by atoms with Crippen molar-refractivity contribution in [3.8, 4) is 17.1 Å². The molecule has 30 heavy (non-hydrogen) atoms. The first-order chi connectivity index (χ1) is 14.2. The lowest BCUT2D eigenvalue weighted by Gasteiger charge is -2.16. The zero-order chi connectivity index (χ0) is 21.5. The van der Waals surface area contributed by atoms with Crippen molar-refractivity contribution in [3.05, 3.63) is 54.2 Å². The molecule has 0 aliphatic rings. The highest BCUT2D eigenvalue weighted by Gasteiger charge is 2.17. The molecule has 0 saturated carbocycles. The molecule has 8 nitrogen and oxygen atoms in total. The van der Waals surface area contributed by atoms with Crippen LogP contribution in [-0.2, 0) is 6.54 Å². The van der Waals surface area contributed by atoms with Crippen LogP contribution in [0.25, 0.3) is 22.2 Å². The number of nitrogens with zero attached hydrogens (tertiary/aromatic N) is 5. The van der Waals surface area contributed by atoms with Crippen LogP contribution >= 0.6 is 0 Å². The Hall–Kier alpha value is -3.52. The number of hydrogen-bond acceptors (Lipinski definition) is 6. The van der Waals surface area contributed by atoms with E-state index < -0.39 is 5.60 Å². The molecular weight excluding hydrogens is 380 g/mol. The predicted octanol–water partition coefficient (Wildman–Crippen LogP) is 3.75. The van der Waals surface area contributed by atoms with E-state index in [9.17, 15) is 10.2 Å². The fourth-order valence-corrected chi connectivity index (χ4v) is 3.47. The molecule has 4 rings (SSSR count). The second-order valence-electron chi connectivity index (χ2n) is 8.06. The normalized spacial score (nSPS) is 12.6. The summed E-state index contributed by atoms with van der Waals surface area (Å²) in [5, 5.41) is 25.6. The topological polar surface area (TPSA) is 112 Å².